The lowest BCUT2D eigenvalue weighted by Gasteiger charge is -2.20. The maximum absolute atomic E-state index is 12.2. The predicted molar refractivity (Wildman–Crippen MR) is 49.5 cm³/mol. The van der Waals surface area contributed by atoms with E-state index in [9.17, 15) is 38.6 Å². The highest BCUT2D eigenvalue weighted by Crippen LogP contribution is 2.24. The van der Waals surface area contributed by atoms with Crippen LogP contribution >= 0.6 is 0 Å². The van der Waals surface area contributed by atoms with Crippen molar-refractivity contribution in [1.29, 1.82) is 0 Å². The molecule has 0 saturated carbocycles. The fourth-order valence-electron chi connectivity index (χ4n) is 0.730. The molecule has 0 aliphatic rings. The van der Waals surface area contributed by atoms with Crippen molar-refractivity contribution in [3.63, 3.8) is 0 Å². The zero-order valence-corrected chi connectivity index (χ0v) is 10.1. The van der Waals surface area contributed by atoms with Crippen LogP contribution < -0.4 is 0 Å². The third kappa shape index (κ3) is 9.77. The fraction of sp³-hybridized carbons (Fsp3) is 0.714. The average Bonchev–Trinajstić information content (AvgIpc) is 2.18. The predicted octanol–water partition coefficient (Wildman–Crippen LogP) is 2.44. The quantitative estimate of drug-likeness (QED) is 0.406. The van der Waals surface area contributed by atoms with Gasteiger partial charge in [-0.1, -0.05) is 0 Å². The van der Waals surface area contributed by atoms with Gasteiger partial charge in [0.25, 0.3) is 0 Å². The Labute approximate surface area is 107 Å². The number of rotatable bonds is 7. The molecule has 0 saturated heterocycles. The van der Waals surface area contributed by atoms with Gasteiger partial charge in [-0.2, -0.15) is 34.8 Å². The minimum Gasteiger partial charge on any atom is -0.464 e. The van der Waals surface area contributed by atoms with Gasteiger partial charge >= 0.3 is 28.5 Å². The molecule has 0 aromatic rings. The van der Waals surface area contributed by atoms with Crippen molar-refractivity contribution < 1.29 is 52.8 Å². The summed E-state index contributed by atoms with van der Waals surface area (Å²) in [5, 5.41) is 0. The number of hydrogen-bond acceptors (Lipinski definition) is 4. The van der Waals surface area contributed by atoms with E-state index in [0.717, 1.165) is 0 Å². The van der Waals surface area contributed by atoms with Crippen molar-refractivity contribution in [1.82, 2.24) is 0 Å². The lowest BCUT2D eigenvalue weighted by molar-refractivity contribution is -0.231. The average molecular weight is 340 g/mol. The maximum Gasteiger partial charge on any atom is 0.417 e. The summed E-state index contributed by atoms with van der Waals surface area (Å²) in [5.41, 5.74) is 0. The van der Waals surface area contributed by atoms with Crippen LogP contribution in [0.25, 0.3) is 0 Å². The molecule has 0 radical (unpaired) electrons. The molecule has 20 heavy (non-hydrogen) atoms. The Morgan fingerprint density at radius 3 is 2.00 bits per heavy atom. The van der Waals surface area contributed by atoms with Gasteiger partial charge in [-0.25, -0.2) is 0 Å². The SMILES string of the molecule is F.O=S(=O)(F)CCOC(COC(F)=C(F)F)C(F)(F)F. The second-order valence-corrected chi connectivity index (χ2v) is 4.48. The molecule has 0 amide bonds. The molecule has 0 aromatic heterocycles. The minimum absolute atomic E-state index is 0. The van der Waals surface area contributed by atoms with E-state index in [4.69, 9.17) is 0 Å². The zero-order chi connectivity index (χ0) is 15.3. The molecule has 0 fully saturated rings. The summed E-state index contributed by atoms with van der Waals surface area (Å²) in [6.45, 7) is -2.87. The van der Waals surface area contributed by atoms with E-state index < -0.39 is 53.6 Å². The van der Waals surface area contributed by atoms with Crippen LogP contribution in [0.4, 0.5) is 34.9 Å². The molecule has 0 spiro atoms. The summed E-state index contributed by atoms with van der Waals surface area (Å²) in [5.74, 6) is -1.37. The van der Waals surface area contributed by atoms with Crippen LogP contribution in [0.1, 0.15) is 0 Å². The van der Waals surface area contributed by atoms with E-state index in [0.29, 0.717) is 0 Å². The summed E-state index contributed by atoms with van der Waals surface area (Å²) >= 11 is 0. The van der Waals surface area contributed by atoms with Crippen molar-refractivity contribution in [3.8, 4) is 0 Å². The smallest absolute Gasteiger partial charge is 0.417 e. The van der Waals surface area contributed by atoms with Gasteiger partial charge in [-0.3, -0.25) is 4.70 Å². The highest BCUT2D eigenvalue weighted by molar-refractivity contribution is 7.86. The van der Waals surface area contributed by atoms with E-state index in [2.05, 4.69) is 9.47 Å². The number of alkyl halides is 3. The molecule has 0 bridgehead atoms. The summed E-state index contributed by atoms with van der Waals surface area (Å²) in [4.78, 5) is 0. The monoisotopic (exact) mass is 340 g/mol. The van der Waals surface area contributed by atoms with Crippen molar-refractivity contribution in [3.05, 3.63) is 12.1 Å². The second kappa shape index (κ2) is 8.24. The highest BCUT2D eigenvalue weighted by atomic mass is 32.3. The van der Waals surface area contributed by atoms with E-state index in [1.54, 1.807) is 0 Å². The molecule has 0 N–H and O–H groups in total. The maximum atomic E-state index is 12.2. The normalized spacial score (nSPS) is 13.3. The third-order valence-electron chi connectivity index (χ3n) is 1.52. The zero-order valence-electron chi connectivity index (χ0n) is 9.29. The molecule has 0 aliphatic carbocycles. The standard InChI is InChI=1S/C7H7F7O4S.FH/c8-5(9)6(10)18-3-4(7(11,12)13)17-1-2-19(14,15)16;/h4H,1-3H2;1H. The Balaban J connectivity index is 0. The molecular weight excluding hydrogens is 332 g/mol. The van der Waals surface area contributed by atoms with E-state index in [1.165, 1.54) is 0 Å². The molecular formula is C7H8F8O4S. The van der Waals surface area contributed by atoms with Crippen LogP contribution in [0.3, 0.4) is 0 Å². The van der Waals surface area contributed by atoms with Gasteiger partial charge in [-0.15, -0.1) is 3.89 Å². The largest absolute Gasteiger partial charge is 0.464 e. The van der Waals surface area contributed by atoms with E-state index in [-0.39, 0.29) is 4.70 Å². The number of halogens is 8. The first-order chi connectivity index (χ1) is 8.43. The van der Waals surface area contributed by atoms with Crippen LogP contribution in [-0.4, -0.2) is 39.7 Å². The first-order valence-electron chi connectivity index (χ1n) is 4.37. The van der Waals surface area contributed by atoms with Gasteiger partial charge in [0.15, 0.2) is 6.10 Å². The Kier molecular flexibility index (Phi) is 8.73. The molecule has 0 rings (SSSR count). The summed E-state index contributed by atoms with van der Waals surface area (Å²) < 4.78 is 111. The van der Waals surface area contributed by atoms with Crippen molar-refractivity contribution in [2.24, 2.45) is 0 Å². The van der Waals surface area contributed by atoms with Crippen LogP contribution in [-0.2, 0) is 19.7 Å². The lowest BCUT2D eigenvalue weighted by Crippen LogP contribution is -2.37. The van der Waals surface area contributed by atoms with E-state index in [1.807, 2.05) is 0 Å². The van der Waals surface area contributed by atoms with Crippen molar-refractivity contribution in [2.45, 2.75) is 12.3 Å². The van der Waals surface area contributed by atoms with Crippen molar-refractivity contribution >= 4 is 10.2 Å². The van der Waals surface area contributed by atoms with Crippen LogP contribution in [0.15, 0.2) is 12.1 Å². The Hall–Kier alpha value is -1.11. The highest BCUT2D eigenvalue weighted by Gasteiger charge is 2.41. The summed E-state index contributed by atoms with van der Waals surface area (Å²) in [7, 11) is -5.05. The van der Waals surface area contributed by atoms with Crippen molar-refractivity contribution in [2.75, 3.05) is 19.0 Å². The van der Waals surface area contributed by atoms with E-state index >= 15 is 0 Å². The Bertz CT molecular complexity index is 413. The van der Waals surface area contributed by atoms with Crippen LogP contribution in [0.5, 0.6) is 0 Å². The minimum atomic E-state index is -5.13. The van der Waals surface area contributed by atoms with Gasteiger partial charge in [0.1, 0.15) is 12.4 Å². The molecule has 1 atom stereocenters. The number of hydrogen-bond donors (Lipinski definition) is 0. The molecule has 0 heterocycles. The molecule has 13 heteroatoms. The Morgan fingerprint density at radius 2 is 1.65 bits per heavy atom. The van der Waals surface area contributed by atoms with Crippen LogP contribution in [0, 0.1) is 0 Å². The second-order valence-electron chi connectivity index (χ2n) is 2.99. The summed E-state index contributed by atoms with van der Waals surface area (Å²) in [6, 6.07) is -2.52. The van der Waals surface area contributed by atoms with Gasteiger partial charge in [0.2, 0.25) is 0 Å². The lowest BCUT2D eigenvalue weighted by atomic mass is 10.4. The molecule has 0 aliphatic heterocycles. The van der Waals surface area contributed by atoms with Gasteiger partial charge < -0.3 is 9.47 Å². The molecule has 1 unspecified atom stereocenters. The molecule has 0 aromatic carbocycles. The first kappa shape index (κ1) is 21.2. The first-order valence-corrected chi connectivity index (χ1v) is 5.93. The third-order valence-corrected chi connectivity index (χ3v) is 2.18. The van der Waals surface area contributed by atoms with Gasteiger partial charge in [-0.05, 0) is 0 Å². The van der Waals surface area contributed by atoms with Gasteiger partial charge in [0.05, 0.1) is 6.61 Å². The Morgan fingerprint density at radius 1 is 1.15 bits per heavy atom. The fourth-order valence-corrected chi connectivity index (χ4v) is 1.03. The summed E-state index contributed by atoms with van der Waals surface area (Å²) in [6.07, 6.45) is -11.0. The molecule has 122 valence electrons. The molecule has 4 nitrogen and oxygen atoms in total. The topological polar surface area (TPSA) is 52.6 Å². The van der Waals surface area contributed by atoms with Gasteiger partial charge in [0, 0.05) is 0 Å². The number of ether oxygens (including phenoxy) is 2. The van der Waals surface area contributed by atoms with Crippen LogP contribution in [0.2, 0.25) is 0 Å².